The molecule has 0 saturated carbocycles. The number of pyridine rings is 2. The summed E-state index contributed by atoms with van der Waals surface area (Å²) in [5.41, 5.74) is 9.49. The number of carbonyl (C=O) groups excluding carboxylic acids is 1. The fraction of sp³-hybridized carbons (Fsp3) is 0.133. The Bertz CT molecular complexity index is 791. The van der Waals surface area contributed by atoms with E-state index in [4.69, 9.17) is 5.73 Å². The highest BCUT2D eigenvalue weighted by Crippen LogP contribution is 2.20. The second-order valence-electron chi connectivity index (χ2n) is 4.71. The molecule has 5 nitrogen and oxygen atoms in total. The van der Waals surface area contributed by atoms with Gasteiger partial charge in [-0.25, -0.2) is 0 Å². The van der Waals surface area contributed by atoms with E-state index in [1.54, 1.807) is 18.6 Å². The summed E-state index contributed by atoms with van der Waals surface area (Å²) >= 11 is 0. The summed E-state index contributed by atoms with van der Waals surface area (Å²) in [6.45, 7) is 2.60. The first-order valence-corrected chi connectivity index (χ1v) is 6.30. The zero-order chi connectivity index (χ0) is 14.1. The van der Waals surface area contributed by atoms with E-state index in [-0.39, 0.29) is 0 Å². The van der Waals surface area contributed by atoms with Crippen LogP contribution in [0.1, 0.15) is 21.6 Å². The maximum absolute atomic E-state index is 11.5. The molecule has 0 aliphatic rings. The molecule has 5 heteroatoms. The number of fused-ring (bicyclic) bond motifs is 1. The van der Waals surface area contributed by atoms with E-state index < -0.39 is 5.91 Å². The molecule has 3 rings (SSSR count). The summed E-state index contributed by atoms with van der Waals surface area (Å²) in [4.78, 5) is 19.9. The lowest BCUT2D eigenvalue weighted by atomic mass is 10.2. The molecule has 0 unspecified atom stereocenters. The van der Waals surface area contributed by atoms with E-state index in [2.05, 4.69) is 9.97 Å². The van der Waals surface area contributed by atoms with Gasteiger partial charge in [-0.15, -0.1) is 0 Å². The summed E-state index contributed by atoms with van der Waals surface area (Å²) in [5.74, 6) is -0.460. The summed E-state index contributed by atoms with van der Waals surface area (Å²) in [6, 6.07) is 7.76. The van der Waals surface area contributed by atoms with Crippen LogP contribution in [0.5, 0.6) is 0 Å². The van der Waals surface area contributed by atoms with Gasteiger partial charge in [0.25, 0.3) is 5.91 Å². The van der Waals surface area contributed by atoms with Crippen LogP contribution in [0.2, 0.25) is 0 Å². The molecule has 0 aromatic carbocycles. The Morgan fingerprint density at radius 3 is 2.90 bits per heavy atom. The number of primary amides is 1. The standard InChI is InChI=1S/C15H14N4O/c1-10-7-11(4-6-17-10)8-19-9-12(15(16)20)14-13(19)3-2-5-18-14/h2-7,9H,8H2,1H3,(H2,16,20). The van der Waals surface area contributed by atoms with E-state index in [9.17, 15) is 4.79 Å². The molecule has 0 aliphatic carbocycles. The third kappa shape index (κ3) is 2.14. The van der Waals surface area contributed by atoms with E-state index in [0.29, 0.717) is 17.6 Å². The van der Waals surface area contributed by atoms with Crippen LogP contribution in [-0.2, 0) is 6.54 Å². The monoisotopic (exact) mass is 266 g/mol. The minimum absolute atomic E-state index is 0.450. The van der Waals surface area contributed by atoms with Gasteiger partial charge in [0.1, 0.15) is 5.52 Å². The normalized spacial score (nSPS) is 10.8. The van der Waals surface area contributed by atoms with Gasteiger partial charge in [-0.2, -0.15) is 0 Å². The Morgan fingerprint density at radius 1 is 1.30 bits per heavy atom. The second kappa shape index (κ2) is 4.77. The van der Waals surface area contributed by atoms with Crippen LogP contribution < -0.4 is 5.73 Å². The Labute approximate surface area is 116 Å². The predicted molar refractivity (Wildman–Crippen MR) is 76.3 cm³/mol. The molecule has 0 spiro atoms. The molecule has 0 fully saturated rings. The number of aromatic nitrogens is 3. The molecule has 2 N–H and O–H groups in total. The maximum Gasteiger partial charge on any atom is 0.252 e. The van der Waals surface area contributed by atoms with Crippen molar-refractivity contribution in [3.8, 4) is 0 Å². The molecule has 0 radical (unpaired) electrons. The van der Waals surface area contributed by atoms with Gasteiger partial charge in [0.2, 0.25) is 0 Å². The first-order chi connectivity index (χ1) is 9.65. The van der Waals surface area contributed by atoms with Crippen LogP contribution in [-0.4, -0.2) is 20.4 Å². The summed E-state index contributed by atoms with van der Waals surface area (Å²) in [7, 11) is 0. The van der Waals surface area contributed by atoms with Crippen LogP contribution >= 0.6 is 0 Å². The molecular weight excluding hydrogens is 252 g/mol. The smallest absolute Gasteiger partial charge is 0.252 e. The molecule has 0 saturated heterocycles. The summed E-state index contributed by atoms with van der Waals surface area (Å²) in [6.07, 6.45) is 5.20. The van der Waals surface area contributed by atoms with Gasteiger partial charge >= 0.3 is 0 Å². The van der Waals surface area contributed by atoms with Crippen LogP contribution in [0.3, 0.4) is 0 Å². The molecule has 3 heterocycles. The van der Waals surface area contributed by atoms with Gasteiger partial charge in [0.15, 0.2) is 0 Å². The number of nitrogens with two attached hydrogens (primary N) is 1. The van der Waals surface area contributed by atoms with Crippen molar-refractivity contribution in [2.24, 2.45) is 5.73 Å². The van der Waals surface area contributed by atoms with Crippen molar-refractivity contribution in [3.05, 3.63) is 59.7 Å². The van der Waals surface area contributed by atoms with Gasteiger partial charge in [0.05, 0.1) is 11.1 Å². The number of rotatable bonds is 3. The highest BCUT2D eigenvalue weighted by Gasteiger charge is 2.13. The predicted octanol–water partition coefficient (Wildman–Crippen LogP) is 1.89. The molecule has 0 bridgehead atoms. The van der Waals surface area contributed by atoms with E-state index in [1.165, 1.54) is 0 Å². The zero-order valence-corrected chi connectivity index (χ0v) is 11.1. The number of hydrogen-bond donors (Lipinski definition) is 1. The topological polar surface area (TPSA) is 73.8 Å². The van der Waals surface area contributed by atoms with Gasteiger partial charge in [-0.05, 0) is 36.8 Å². The Balaban J connectivity index is 2.10. The van der Waals surface area contributed by atoms with Crippen LogP contribution in [0.4, 0.5) is 0 Å². The fourth-order valence-electron chi connectivity index (χ4n) is 2.33. The lowest BCUT2D eigenvalue weighted by Gasteiger charge is -2.05. The van der Waals surface area contributed by atoms with Gasteiger partial charge in [-0.3, -0.25) is 14.8 Å². The number of amides is 1. The summed E-state index contributed by atoms with van der Waals surface area (Å²) in [5, 5.41) is 0. The molecule has 0 atom stereocenters. The van der Waals surface area contributed by atoms with Crippen molar-refractivity contribution >= 4 is 16.9 Å². The number of hydrogen-bond acceptors (Lipinski definition) is 3. The van der Waals surface area contributed by atoms with Gasteiger partial charge in [0, 0.05) is 30.8 Å². The molecule has 3 aromatic heterocycles. The van der Waals surface area contributed by atoms with Gasteiger partial charge in [-0.1, -0.05) is 0 Å². The lowest BCUT2D eigenvalue weighted by Crippen LogP contribution is -2.10. The molecular formula is C15H14N4O. The molecule has 100 valence electrons. The van der Waals surface area contributed by atoms with E-state index in [1.807, 2.05) is 35.8 Å². The zero-order valence-electron chi connectivity index (χ0n) is 11.1. The van der Waals surface area contributed by atoms with Crippen molar-refractivity contribution in [2.75, 3.05) is 0 Å². The van der Waals surface area contributed by atoms with Crippen LogP contribution in [0, 0.1) is 6.92 Å². The third-order valence-corrected chi connectivity index (χ3v) is 3.22. The number of nitrogens with zero attached hydrogens (tertiary/aromatic N) is 3. The number of carbonyl (C=O) groups is 1. The molecule has 0 aliphatic heterocycles. The quantitative estimate of drug-likeness (QED) is 0.786. The minimum atomic E-state index is -0.460. The average Bonchev–Trinajstić information content (AvgIpc) is 2.78. The third-order valence-electron chi connectivity index (χ3n) is 3.22. The van der Waals surface area contributed by atoms with Crippen molar-refractivity contribution in [2.45, 2.75) is 13.5 Å². The Morgan fingerprint density at radius 2 is 2.15 bits per heavy atom. The van der Waals surface area contributed by atoms with Gasteiger partial charge < -0.3 is 10.3 Å². The van der Waals surface area contributed by atoms with Crippen molar-refractivity contribution in [1.82, 2.24) is 14.5 Å². The van der Waals surface area contributed by atoms with Crippen molar-refractivity contribution < 1.29 is 4.79 Å². The lowest BCUT2D eigenvalue weighted by molar-refractivity contribution is 0.100. The van der Waals surface area contributed by atoms with Crippen LogP contribution in [0.25, 0.3) is 11.0 Å². The Kier molecular flexibility index (Phi) is 2.95. The molecule has 20 heavy (non-hydrogen) atoms. The Hall–Kier alpha value is -2.69. The molecule has 3 aromatic rings. The summed E-state index contributed by atoms with van der Waals surface area (Å²) < 4.78 is 1.98. The average molecular weight is 266 g/mol. The van der Waals surface area contributed by atoms with E-state index >= 15 is 0 Å². The highest BCUT2D eigenvalue weighted by molar-refractivity contribution is 6.04. The van der Waals surface area contributed by atoms with Crippen LogP contribution in [0.15, 0.2) is 42.9 Å². The fourth-order valence-corrected chi connectivity index (χ4v) is 2.33. The highest BCUT2D eigenvalue weighted by atomic mass is 16.1. The first kappa shape index (κ1) is 12.3. The SMILES string of the molecule is Cc1cc(Cn2cc(C(N)=O)c3ncccc32)ccn1. The largest absolute Gasteiger partial charge is 0.365 e. The maximum atomic E-state index is 11.5. The number of aryl methyl sites for hydroxylation is 1. The molecule has 1 amide bonds. The van der Waals surface area contributed by atoms with E-state index in [0.717, 1.165) is 16.8 Å². The second-order valence-corrected chi connectivity index (χ2v) is 4.71. The minimum Gasteiger partial charge on any atom is -0.365 e. The first-order valence-electron chi connectivity index (χ1n) is 6.30. The van der Waals surface area contributed by atoms with Crippen molar-refractivity contribution in [3.63, 3.8) is 0 Å². The van der Waals surface area contributed by atoms with Crippen molar-refractivity contribution in [1.29, 1.82) is 0 Å².